The molecule has 2 aromatic carbocycles. The van der Waals surface area contributed by atoms with Gasteiger partial charge in [0.2, 0.25) is 0 Å². The number of para-hydroxylation sites is 1. The normalized spacial score (nSPS) is 18.8. The van der Waals surface area contributed by atoms with Gasteiger partial charge in [0.15, 0.2) is 0 Å². The lowest BCUT2D eigenvalue weighted by atomic mass is 10.2. The number of fused-ring (bicyclic) bond motifs is 1. The van der Waals surface area contributed by atoms with Crippen molar-refractivity contribution >= 4 is 24.6 Å². The number of aromatic nitrogens is 1. The zero-order valence-corrected chi connectivity index (χ0v) is 18.1. The molecule has 0 amide bonds. The highest BCUT2D eigenvalue weighted by atomic mass is 31.1. The number of aryl methyl sites for hydroxylation is 1. The van der Waals surface area contributed by atoms with Crippen molar-refractivity contribution in [1.82, 2.24) is 4.98 Å². The fourth-order valence-electron chi connectivity index (χ4n) is 4.03. The van der Waals surface area contributed by atoms with Crippen LogP contribution in [-0.4, -0.2) is 17.2 Å². The number of pyridine rings is 1. The minimum Gasteiger partial charge on any atom is -0.496 e. The monoisotopic (exact) mass is 390 g/mol. The van der Waals surface area contributed by atoms with Gasteiger partial charge in [0.25, 0.3) is 0 Å². The second-order valence-corrected chi connectivity index (χ2v) is 11.2. The van der Waals surface area contributed by atoms with Crippen LogP contribution in [0.4, 0.5) is 11.4 Å². The van der Waals surface area contributed by atoms with Crippen LogP contribution < -0.4 is 14.9 Å². The van der Waals surface area contributed by atoms with E-state index in [4.69, 9.17) is 9.72 Å². The molecule has 1 aliphatic rings. The Kier molecular flexibility index (Phi) is 4.89. The summed E-state index contributed by atoms with van der Waals surface area (Å²) in [5, 5.41) is 1.43. The smallest absolute Gasteiger partial charge is 0.128 e. The number of nitrogens with zero attached hydrogens (tertiary/aromatic N) is 2. The Balaban J connectivity index is 2.02. The van der Waals surface area contributed by atoms with Crippen LogP contribution in [0.5, 0.6) is 5.75 Å². The number of rotatable bonds is 3. The summed E-state index contributed by atoms with van der Waals surface area (Å²) in [4.78, 5) is 7.44. The van der Waals surface area contributed by atoms with Crippen molar-refractivity contribution in [1.29, 1.82) is 0 Å². The Morgan fingerprint density at radius 1 is 0.929 bits per heavy atom. The first-order valence-electron chi connectivity index (χ1n) is 9.66. The van der Waals surface area contributed by atoms with E-state index in [-0.39, 0.29) is 10.9 Å². The van der Waals surface area contributed by atoms with Crippen molar-refractivity contribution in [2.45, 2.75) is 38.6 Å². The molecule has 3 aromatic rings. The first-order chi connectivity index (χ1) is 13.4. The van der Waals surface area contributed by atoms with E-state index in [0.29, 0.717) is 0 Å². The lowest BCUT2D eigenvalue weighted by Gasteiger charge is -2.36. The lowest BCUT2D eigenvalue weighted by Crippen LogP contribution is -2.24. The lowest BCUT2D eigenvalue weighted by molar-refractivity contribution is 0.418. The van der Waals surface area contributed by atoms with Crippen LogP contribution in [-0.2, 0) is 0 Å². The molecule has 0 aliphatic carbocycles. The summed E-state index contributed by atoms with van der Waals surface area (Å²) in [6.45, 7) is 9.09. The zero-order valence-electron chi connectivity index (χ0n) is 17.2. The second kappa shape index (κ2) is 7.22. The SMILES string of the molecule is COc1cccc2c1P(C(C)(C)C)C(c1cccc(C)n1)N2c1ccccc1. The van der Waals surface area contributed by atoms with Crippen LogP contribution in [0.1, 0.15) is 37.9 Å². The molecule has 4 rings (SSSR count). The molecule has 3 nitrogen and oxygen atoms in total. The minimum atomic E-state index is -0.605. The maximum absolute atomic E-state index is 5.84. The standard InChI is InChI=1S/C24H27N2OP/c1-17-11-9-14-19(25-17)23-26(18-12-7-6-8-13-18)20-15-10-16-21(27-5)22(20)28(23)24(2,3)4/h6-16,23H,1-5H3. The molecule has 0 spiro atoms. The predicted molar refractivity (Wildman–Crippen MR) is 120 cm³/mol. The molecule has 2 unspecified atom stereocenters. The van der Waals surface area contributed by atoms with Crippen molar-refractivity contribution in [3.05, 3.63) is 78.1 Å². The van der Waals surface area contributed by atoms with E-state index in [1.54, 1.807) is 7.11 Å². The van der Waals surface area contributed by atoms with Gasteiger partial charge in [0, 0.05) is 16.7 Å². The summed E-state index contributed by atoms with van der Waals surface area (Å²) in [6.07, 6.45) is 0. The molecule has 2 atom stereocenters. The fourth-order valence-corrected chi connectivity index (χ4v) is 7.40. The Morgan fingerprint density at radius 3 is 2.29 bits per heavy atom. The molecular formula is C24H27N2OP. The van der Waals surface area contributed by atoms with Crippen molar-refractivity contribution in [3.63, 3.8) is 0 Å². The van der Waals surface area contributed by atoms with Gasteiger partial charge in [0.05, 0.1) is 18.5 Å². The first kappa shape index (κ1) is 19.0. The molecule has 0 N–H and O–H groups in total. The van der Waals surface area contributed by atoms with Gasteiger partial charge in [-0.25, -0.2) is 0 Å². The number of anilines is 2. The van der Waals surface area contributed by atoms with Gasteiger partial charge in [-0.2, -0.15) is 0 Å². The minimum absolute atomic E-state index is 0.0956. The first-order valence-corrected chi connectivity index (χ1v) is 11.1. The fraction of sp³-hybridized carbons (Fsp3) is 0.292. The van der Waals surface area contributed by atoms with Crippen molar-refractivity contribution < 1.29 is 4.74 Å². The molecule has 0 fully saturated rings. The second-order valence-electron chi connectivity index (χ2n) is 8.15. The van der Waals surface area contributed by atoms with Gasteiger partial charge < -0.3 is 9.64 Å². The van der Waals surface area contributed by atoms with Gasteiger partial charge in [-0.05, 0) is 56.4 Å². The largest absolute Gasteiger partial charge is 0.496 e. The quantitative estimate of drug-likeness (QED) is 0.501. The summed E-state index contributed by atoms with van der Waals surface area (Å²) in [7, 11) is 1.17. The van der Waals surface area contributed by atoms with Gasteiger partial charge >= 0.3 is 0 Å². The molecule has 0 saturated carbocycles. The van der Waals surface area contributed by atoms with Gasteiger partial charge in [0.1, 0.15) is 11.5 Å². The molecule has 1 aliphatic heterocycles. The number of methoxy groups -OCH3 is 1. The summed E-state index contributed by atoms with van der Waals surface area (Å²) in [6, 6.07) is 23.4. The summed E-state index contributed by atoms with van der Waals surface area (Å²) < 4.78 is 5.84. The summed E-state index contributed by atoms with van der Waals surface area (Å²) >= 11 is 0. The zero-order chi connectivity index (χ0) is 19.9. The van der Waals surface area contributed by atoms with Crippen molar-refractivity contribution in [2.24, 2.45) is 0 Å². The molecular weight excluding hydrogens is 363 g/mol. The van der Waals surface area contributed by atoms with Crippen LogP contribution in [0, 0.1) is 6.92 Å². The summed E-state index contributed by atoms with van der Waals surface area (Å²) in [5.41, 5.74) is 4.61. The molecule has 4 heteroatoms. The van der Waals surface area contributed by atoms with Crippen molar-refractivity contribution in [3.8, 4) is 5.75 Å². The number of ether oxygens (including phenoxy) is 1. The van der Waals surface area contributed by atoms with E-state index in [0.717, 1.165) is 17.1 Å². The van der Waals surface area contributed by atoms with Crippen LogP contribution in [0.3, 0.4) is 0 Å². The summed E-state index contributed by atoms with van der Waals surface area (Å²) in [5.74, 6) is 1.15. The van der Waals surface area contributed by atoms with E-state index < -0.39 is 7.92 Å². The molecule has 28 heavy (non-hydrogen) atoms. The third-order valence-corrected chi connectivity index (χ3v) is 8.48. The van der Waals surface area contributed by atoms with Crippen LogP contribution in [0.25, 0.3) is 0 Å². The number of benzene rings is 2. The Labute approximate surface area is 169 Å². The highest BCUT2D eigenvalue weighted by Gasteiger charge is 2.47. The maximum Gasteiger partial charge on any atom is 0.128 e. The molecule has 2 heterocycles. The van der Waals surface area contributed by atoms with Gasteiger partial charge in [-0.3, -0.25) is 4.98 Å². The maximum atomic E-state index is 5.84. The molecule has 144 valence electrons. The number of hydrogen-bond donors (Lipinski definition) is 0. The van der Waals surface area contributed by atoms with E-state index in [1.165, 1.54) is 16.7 Å². The molecule has 0 saturated heterocycles. The van der Waals surface area contributed by atoms with Crippen LogP contribution >= 0.6 is 7.92 Å². The van der Waals surface area contributed by atoms with Gasteiger partial charge in [-0.15, -0.1) is 0 Å². The van der Waals surface area contributed by atoms with Crippen LogP contribution in [0.15, 0.2) is 66.7 Å². The van der Waals surface area contributed by atoms with E-state index >= 15 is 0 Å². The third kappa shape index (κ3) is 3.18. The molecule has 1 aromatic heterocycles. The topological polar surface area (TPSA) is 25.4 Å². The van der Waals surface area contributed by atoms with E-state index in [9.17, 15) is 0 Å². The van der Waals surface area contributed by atoms with Crippen molar-refractivity contribution in [2.75, 3.05) is 12.0 Å². The Bertz CT molecular complexity index is 981. The number of hydrogen-bond acceptors (Lipinski definition) is 3. The average molecular weight is 390 g/mol. The highest BCUT2D eigenvalue weighted by Crippen LogP contribution is 2.69. The van der Waals surface area contributed by atoms with Gasteiger partial charge in [-0.1, -0.05) is 51.1 Å². The third-order valence-electron chi connectivity index (χ3n) is 5.12. The van der Waals surface area contributed by atoms with Crippen LogP contribution in [0.2, 0.25) is 0 Å². The average Bonchev–Trinajstić information content (AvgIpc) is 3.04. The van der Waals surface area contributed by atoms with E-state index in [1.807, 2.05) is 0 Å². The predicted octanol–water partition coefficient (Wildman–Crippen LogP) is 6.15. The molecule has 0 bridgehead atoms. The van der Waals surface area contributed by atoms with E-state index in [2.05, 4.69) is 99.3 Å². The Hall–Kier alpha value is -2.38. The molecule has 0 radical (unpaired) electrons. The highest BCUT2D eigenvalue weighted by molar-refractivity contribution is 7.68. The Morgan fingerprint density at radius 2 is 1.64 bits per heavy atom.